The highest BCUT2D eigenvalue weighted by molar-refractivity contribution is 7.89. The summed E-state index contributed by atoms with van der Waals surface area (Å²) < 4.78 is 25.8. The van der Waals surface area contributed by atoms with E-state index in [1.54, 1.807) is 12.1 Å². The molecule has 1 aromatic rings. The van der Waals surface area contributed by atoms with E-state index in [2.05, 4.69) is 11.8 Å². The van der Waals surface area contributed by atoms with E-state index in [4.69, 9.17) is 5.73 Å². The molecular formula is C14H23N3O2S. The molecule has 2 rings (SSSR count). The number of nitrogens with two attached hydrogens (primary N) is 1. The Hall–Kier alpha value is -1.27. The molecule has 0 aliphatic carbocycles. The number of rotatable bonds is 4. The van der Waals surface area contributed by atoms with E-state index < -0.39 is 10.0 Å². The highest BCUT2D eigenvalue weighted by atomic mass is 32.2. The van der Waals surface area contributed by atoms with Crippen LogP contribution in [0.1, 0.15) is 26.2 Å². The van der Waals surface area contributed by atoms with Crippen LogP contribution >= 0.6 is 0 Å². The molecule has 0 radical (unpaired) electrons. The molecular weight excluding hydrogens is 274 g/mol. The Kier molecular flexibility index (Phi) is 4.25. The maximum absolute atomic E-state index is 12.3. The summed E-state index contributed by atoms with van der Waals surface area (Å²) in [5, 5.41) is 0. The zero-order valence-electron chi connectivity index (χ0n) is 12.3. The average Bonchev–Trinajstić information content (AvgIpc) is 2.86. The number of benzene rings is 1. The molecule has 1 atom stereocenters. The molecule has 0 aromatic heterocycles. The summed E-state index contributed by atoms with van der Waals surface area (Å²) in [6, 6.07) is 5.71. The molecule has 1 heterocycles. The van der Waals surface area contributed by atoms with E-state index in [1.807, 2.05) is 6.07 Å². The fourth-order valence-corrected chi connectivity index (χ4v) is 3.81. The van der Waals surface area contributed by atoms with Gasteiger partial charge in [-0.25, -0.2) is 12.7 Å². The third kappa shape index (κ3) is 2.50. The van der Waals surface area contributed by atoms with E-state index in [-0.39, 0.29) is 4.90 Å². The van der Waals surface area contributed by atoms with Gasteiger partial charge in [-0.15, -0.1) is 0 Å². The lowest BCUT2D eigenvalue weighted by Crippen LogP contribution is -2.30. The van der Waals surface area contributed by atoms with E-state index in [1.165, 1.54) is 18.4 Å². The fourth-order valence-electron chi connectivity index (χ4n) is 2.78. The molecule has 112 valence electrons. The lowest BCUT2D eigenvalue weighted by atomic mass is 10.1. The highest BCUT2D eigenvalue weighted by Gasteiger charge is 2.28. The number of para-hydroxylation sites is 1. The van der Waals surface area contributed by atoms with Crippen molar-refractivity contribution in [3.05, 3.63) is 18.2 Å². The first-order chi connectivity index (χ1) is 9.39. The molecule has 1 aliphatic rings. The summed E-state index contributed by atoms with van der Waals surface area (Å²) in [6.45, 7) is 3.09. The minimum absolute atomic E-state index is 0.196. The van der Waals surface area contributed by atoms with Crippen LogP contribution in [0.5, 0.6) is 0 Å². The first kappa shape index (κ1) is 15.1. The van der Waals surface area contributed by atoms with Crippen LogP contribution < -0.4 is 10.6 Å². The molecule has 5 nitrogen and oxygen atoms in total. The van der Waals surface area contributed by atoms with Crippen molar-refractivity contribution in [2.24, 2.45) is 0 Å². The van der Waals surface area contributed by atoms with Gasteiger partial charge in [0.05, 0.1) is 11.4 Å². The Morgan fingerprint density at radius 3 is 2.70 bits per heavy atom. The molecule has 0 amide bonds. The third-order valence-electron chi connectivity index (χ3n) is 3.96. The van der Waals surface area contributed by atoms with Crippen LogP contribution in [-0.2, 0) is 10.0 Å². The van der Waals surface area contributed by atoms with E-state index in [0.29, 0.717) is 11.7 Å². The van der Waals surface area contributed by atoms with E-state index in [0.717, 1.165) is 31.5 Å². The van der Waals surface area contributed by atoms with Gasteiger partial charge in [-0.1, -0.05) is 13.0 Å². The summed E-state index contributed by atoms with van der Waals surface area (Å²) >= 11 is 0. The largest absolute Gasteiger partial charge is 0.396 e. The maximum atomic E-state index is 12.3. The van der Waals surface area contributed by atoms with Crippen LogP contribution in [0.3, 0.4) is 0 Å². The quantitative estimate of drug-likeness (QED) is 0.862. The minimum Gasteiger partial charge on any atom is -0.396 e. The van der Waals surface area contributed by atoms with Crippen molar-refractivity contribution in [2.75, 3.05) is 31.3 Å². The molecule has 1 saturated heterocycles. The number of anilines is 2. The highest BCUT2D eigenvalue weighted by Crippen LogP contribution is 2.35. The smallest absolute Gasteiger partial charge is 0.244 e. The predicted octanol–water partition coefficient (Wildman–Crippen LogP) is 1.90. The summed E-state index contributed by atoms with van der Waals surface area (Å²) in [4.78, 5) is 2.44. The van der Waals surface area contributed by atoms with Crippen molar-refractivity contribution in [2.45, 2.75) is 37.1 Å². The number of hydrogen-bond donors (Lipinski definition) is 1. The van der Waals surface area contributed by atoms with Crippen molar-refractivity contribution >= 4 is 21.4 Å². The van der Waals surface area contributed by atoms with Crippen LogP contribution in [0.2, 0.25) is 0 Å². The van der Waals surface area contributed by atoms with Crippen LogP contribution in [0, 0.1) is 0 Å². The van der Waals surface area contributed by atoms with Crippen molar-refractivity contribution in [3.63, 3.8) is 0 Å². The van der Waals surface area contributed by atoms with Gasteiger partial charge in [0.25, 0.3) is 0 Å². The standard InChI is InChI=1S/C14H23N3O2S/c1-4-11-7-6-10-17(11)12-8-5-9-13(14(12)15)20(18,19)16(2)3/h5,8-9,11H,4,6-7,10,15H2,1-3H3. The van der Waals surface area contributed by atoms with Crippen LogP contribution in [0.4, 0.5) is 11.4 Å². The SMILES string of the molecule is CCC1CCCN1c1cccc(S(=O)(=O)N(C)C)c1N. The summed E-state index contributed by atoms with van der Waals surface area (Å²) in [6.07, 6.45) is 3.31. The van der Waals surface area contributed by atoms with Crippen molar-refractivity contribution in [3.8, 4) is 0 Å². The Bertz CT molecular complexity index is 584. The van der Waals surface area contributed by atoms with Crippen molar-refractivity contribution < 1.29 is 8.42 Å². The monoisotopic (exact) mass is 297 g/mol. The van der Waals surface area contributed by atoms with Crippen molar-refractivity contribution in [1.82, 2.24) is 4.31 Å². The van der Waals surface area contributed by atoms with Crippen molar-refractivity contribution in [1.29, 1.82) is 0 Å². The molecule has 1 fully saturated rings. The Morgan fingerprint density at radius 2 is 2.10 bits per heavy atom. The predicted molar refractivity (Wildman–Crippen MR) is 82.4 cm³/mol. The molecule has 1 unspecified atom stereocenters. The summed E-state index contributed by atoms with van der Waals surface area (Å²) in [5.41, 5.74) is 7.36. The second kappa shape index (κ2) is 5.61. The zero-order chi connectivity index (χ0) is 14.9. The molecule has 20 heavy (non-hydrogen) atoms. The van der Waals surface area contributed by atoms with Gasteiger partial charge in [0.1, 0.15) is 4.90 Å². The summed E-state index contributed by atoms with van der Waals surface area (Å²) in [7, 11) is -0.462. The molecule has 0 bridgehead atoms. The lowest BCUT2D eigenvalue weighted by molar-refractivity contribution is 0.521. The van der Waals surface area contributed by atoms with Crippen LogP contribution in [-0.4, -0.2) is 39.4 Å². The number of nitrogen functional groups attached to an aromatic ring is 1. The first-order valence-electron chi connectivity index (χ1n) is 6.97. The van der Waals surface area contributed by atoms with Gasteiger partial charge in [-0.3, -0.25) is 0 Å². The fraction of sp³-hybridized carbons (Fsp3) is 0.571. The molecule has 2 N–H and O–H groups in total. The third-order valence-corrected chi connectivity index (χ3v) is 5.83. The molecule has 0 saturated carbocycles. The van der Waals surface area contributed by atoms with Gasteiger partial charge in [-0.2, -0.15) is 0 Å². The Labute approximate surface area is 121 Å². The van der Waals surface area contributed by atoms with Gasteiger partial charge >= 0.3 is 0 Å². The number of nitrogens with zero attached hydrogens (tertiary/aromatic N) is 2. The normalized spacial score (nSPS) is 19.8. The Morgan fingerprint density at radius 1 is 1.40 bits per heavy atom. The Balaban J connectivity index is 2.48. The molecule has 1 aromatic carbocycles. The first-order valence-corrected chi connectivity index (χ1v) is 8.41. The minimum atomic E-state index is -3.50. The van der Waals surface area contributed by atoms with E-state index in [9.17, 15) is 8.42 Å². The zero-order valence-corrected chi connectivity index (χ0v) is 13.2. The van der Waals surface area contributed by atoms with Gasteiger partial charge < -0.3 is 10.6 Å². The van der Waals surface area contributed by atoms with Gasteiger partial charge in [0, 0.05) is 26.7 Å². The second-order valence-corrected chi connectivity index (χ2v) is 7.49. The number of sulfonamides is 1. The average molecular weight is 297 g/mol. The molecule has 1 aliphatic heterocycles. The lowest BCUT2D eigenvalue weighted by Gasteiger charge is -2.28. The van der Waals surface area contributed by atoms with Gasteiger partial charge in [-0.05, 0) is 31.4 Å². The summed E-state index contributed by atoms with van der Waals surface area (Å²) in [5.74, 6) is 0. The van der Waals surface area contributed by atoms with Gasteiger partial charge in [0.2, 0.25) is 10.0 Å². The second-order valence-electron chi connectivity index (χ2n) is 5.37. The number of hydrogen-bond acceptors (Lipinski definition) is 4. The van der Waals surface area contributed by atoms with Gasteiger partial charge in [0.15, 0.2) is 0 Å². The van der Waals surface area contributed by atoms with Crippen LogP contribution in [0.15, 0.2) is 23.1 Å². The maximum Gasteiger partial charge on any atom is 0.244 e. The van der Waals surface area contributed by atoms with Crippen LogP contribution in [0.25, 0.3) is 0 Å². The molecule has 6 heteroatoms. The van der Waals surface area contributed by atoms with E-state index >= 15 is 0 Å². The molecule has 0 spiro atoms. The topological polar surface area (TPSA) is 66.6 Å².